The second-order valence-electron chi connectivity index (χ2n) is 12.7. The molecular formula is C35H40F2N6O2. The number of carbonyl (C=O) groups excluding carboxylic acids is 1. The van der Waals surface area contributed by atoms with E-state index in [0.29, 0.717) is 34.9 Å². The number of amides is 1. The van der Waals surface area contributed by atoms with E-state index in [2.05, 4.69) is 9.88 Å². The third-order valence-corrected chi connectivity index (χ3v) is 9.29. The first-order valence-corrected chi connectivity index (χ1v) is 16.5. The Morgan fingerprint density at radius 3 is 2.40 bits per heavy atom. The van der Waals surface area contributed by atoms with Crippen LogP contribution in [0.15, 0.2) is 41.3 Å². The summed E-state index contributed by atoms with van der Waals surface area (Å²) >= 11 is 0. The number of alkyl halides is 1. The zero-order valence-corrected chi connectivity index (χ0v) is 26.0. The zero-order chi connectivity index (χ0) is 31.2. The molecular weight excluding hydrogens is 574 g/mol. The fourth-order valence-corrected chi connectivity index (χ4v) is 6.54. The summed E-state index contributed by atoms with van der Waals surface area (Å²) in [6.45, 7) is 6.79. The number of halogens is 2. The lowest BCUT2D eigenvalue weighted by Crippen LogP contribution is -2.51. The summed E-state index contributed by atoms with van der Waals surface area (Å²) < 4.78 is 29.6. The van der Waals surface area contributed by atoms with Crippen molar-refractivity contribution < 1.29 is 13.6 Å². The first kappa shape index (κ1) is 29.8. The number of benzene rings is 1. The second kappa shape index (κ2) is 12.1. The van der Waals surface area contributed by atoms with Crippen molar-refractivity contribution in [3.63, 3.8) is 0 Å². The molecule has 0 spiro atoms. The van der Waals surface area contributed by atoms with E-state index in [1.807, 2.05) is 26.1 Å². The van der Waals surface area contributed by atoms with Crippen molar-refractivity contribution in [3.05, 3.63) is 75.3 Å². The Labute approximate surface area is 261 Å². The van der Waals surface area contributed by atoms with Crippen molar-refractivity contribution >= 4 is 16.9 Å². The lowest BCUT2D eigenvalue weighted by Gasteiger charge is -2.34. The van der Waals surface area contributed by atoms with Crippen LogP contribution in [0.2, 0.25) is 0 Å². The number of likely N-dealkylation sites (tertiary alicyclic amines) is 2. The summed E-state index contributed by atoms with van der Waals surface area (Å²) in [4.78, 5) is 44.4. The fraction of sp³-hybridized carbons (Fsp3) is 0.486. The van der Waals surface area contributed by atoms with E-state index >= 15 is 0 Å². The third kappa shape index (κ3) is 5.92. The van der Waals surface area contributed by atoms with Gasteiger partial charge in [-0.05, 0) is 92.9 Å². The highest BCUT2D eigenvalue weighted by Crippen LogP contribution is 2.43. The first-order valence-electron chi connectivity index (χ1n) is 16.5. The molecule has 1 aromatic carbocycles. The number of piperidine rings is 1. The minimum atomic E-state index is -1.06. The summed E-state index contributed by atoms with van der Waals surface area (Å²) in [7, 11) is 0. The van der Waals surface area contributed by atoms with Crippen molar-refractivity contribution in [3.8, 4) is 16.9 Å². The normalized spacial score (nSPS) is 18.9. The van der Waals surface area contributed by atoms with Gasteiger partial charge in [-0.3, -0.25) is 19.1 Å². The molecule has 2 saturated carbocycles. The molecule has 4 aromatic rings. The highest BCUT2D eigenvalue weighted by molar-refractivity contribution is 6.01. The van der Waals surface area contributed by atoms with Crippen LogP contribution in [0.1, 0.15) is 98.1 Å². The summed E-state index contributed by atoms with van der Waals surface area (Å²) in [6, 6.07) is 7.89. The number of H-pyrrole nitrogens is 1. The number of aromatic nitrogens is 4. The van der Waals surface area contributed by atoms with Gasteiger partial charge in [0.15, 0.2) is 0 Å². The summed E-state index contributed by atoms with van der Waals surface area (Å²) in [5.41, 5.74) is 4.33. The van der Waals surface area contributed by atoms with Gasteiger partial charge in [-0.25, -0.2) is 18.7 Å². The average molecular weight is 615 g/mol. The molecule has 3 aromatic heterocycles. The molecule has 1 N–H and O–H groups in total. The molecule has 45 heavy (non-hydrogen) atoms. The number of imidazole rings is 1. The molecule has 0 atom stereocenters. The number of nitrogens with zero attached hydrogens (tertiary/aromatic N) is 5. The number of hydrogen-bond donors (Lipinski definition) is 1. The van der Waals surface area contributed by atoms with E-state index in [0.717, 1.165) is 61.4 Å². The Morgan fingerprint density at radius 1 is 0.978 bits per heavy atom. The number of rotatable bonds is 7. The van der Waals surface area contributed by atoms with E-state index in [-0.39, 0.29) is 30.1 Å². The van der Waals surface area contributed by atoms with Crippen molar-refractivity contribution in [2.24, 2.45) is 0 Å². The molecule has 236 valence electrons. The van der Waals surface area contributed by atoms with Crippen LogP contribution in [-0.4, -0.2) is 67.6 Å². The molecule has 2 saturated heterocycles. The molecule has 0 bridgehead atoms. The van der Waals surface area contributed by atoms with Gasteiger partial charge >= 0.3 is 0 Å². The summed E-state index contributed by atoms with van der Waals surface area (Å²) in [5.74, 6) is 0.968. The lowest BCUT2D eigenvalue weighted by atomic mass is 9.96. The molecule has 0 radical (unpaired) electrons. The van der Waals surface area contributed by atoms with Crippen LogP contribution in [0.25, 0.3) is 28.0 Å². The number of carbonyl (C=O) groups is 1. The van der Waals surface area contributed by atoms with Crippen LogP contribution in [0.3, 0.4) is 0 Å². The van der Waals surface area contributed by atoms with Crippen molar-refractivity contribution in [2.75, 3.05) is 26.2 Å². The third-order valence-electron chi connectivity index (χ3n) is 9.29. The van der Waals surface area contributed by atoms with Gasteiger partial charge in [0.05, 0.1) is 30.7 Å². The monoisotopic (exact) mass is 614 g/mol. The van der Waals surface area contributed by atoms with Crippen molar-refractivity contribution in [1.29, 1.82) is 0 Å². The highest BCUT2D eigenvalue weighted by atomic mass is 19.1. The molecule has 10 heteroatoms. The Balaban J connectivity index is 0.00000160. The van der Waals surface area contributed by atoms with Gasteiger partial charge in [-0.1, -0.05) is 26.3 Å². The van der Waals surface area contributed by atoms with Crippen LogP contribution in [0.4, 0.5) is 8.78 Å². The zero-order valence-electron chi connectivity index (χ0n) is 26.0. The van der Waals surface area contributed by atoms with Gasteiger partial charge in [0.2, 0.25) is 0 Å². The van der Waals surface area contributed by atoms with Crippen LogP contribution in [-0.2, 0) is 6.54 Å². The molecule has 8 nitrogen and oxygen atoms in total. The van der Waals surface area contributed by atoms with Crippen molar-refractivity contribution in [1.82, 2.24) is 29.3 Å². The second-order valence-corrected chi connectivity index (χ2v) is 12.7. The number of fused-ring (bicyclic) bond motifs is 1. The highest BCUT2D eigenvalue weighted by Gasteiger charge is 2.34. The number of pyridine rings is 2. The lowest BCUT2D eigenvalue weighted by molar-refractivity contribution is 0.0400. The predicted molar refractivity (Wildman–Crippen MR) is 170 cm³/mol. The molecule has 4 aliphatic rings. The molecule has 4 fully saturated rings. The Morgan fingerprint density at radius 2 is 1.71 bits per heavy atom. The predicted octanol–water partition coefficient (Wildman–Crippen LogP) is 6.48. The topological polar surface area (TPSA) is 87.1 Å². The van der Waals surface area contributed by atoms with E-state index in [1.54, 1.807) is 16.7 Å². The van der Waals surface area contributed by atoms with Gasteiger partial charge < -0.3 is 9.88 Å². The quantitative estimate of drug-likeness (QED) is 0.258. The first-order chi connectivity index (χ1) is 21.9. The fourth-order valence-electron chi connectivity index (χ4n) is 6.54. The Hall–Kier alpha value is -3.92. The molecule has 5 heterocycles. The van der Waals surface area contributed by atoms with Gasteiger partial charge in [-0.15, -0.1) is 0 Å². The van der Waals surface area contributed by atoms with E-state index in [9.17, 15) is 18.4 Å². The number of hydrogen-bond acceptors (Lipinski definition) is 5. The average Bonchev–Trinajstić information content (AvgIpc) is 3.98. The Kier molecular flexibility index (Phi) is 8.02. The standard InChI is InChI=1S/C33H34F2N6O2.C2H6/c34-22-8-9-24(25(14-22)32(42)40-15-23(35)16-40)21-12-27(20-6-7-20)36-29(13-21)41-17-26(19-4-5-19)30-31(33(41)43)38-28(37-30)18-39-10-2-1-3-11-39;1-2/h8-9,12-14,17,19-20,23H,1-7,10-11,15-16,18H2,(H,37,38);1-2H3. The Bertz CT molecular complexity index is 1800. The van der Waals surface area contributed by atoms with Gasteiger partial charge in [0.1, 0.15) is 29.1 Å². The maximum Gasteiger partial charge on any atom is 0.282 e. The molecule has 2 aliphatic heterocycles. The van der Waals surface area contributed by atoms with E-state index in [1.165, 1.54) is 36.3 Å². The molecule has 0 unspecified atom stereocenters. The number of aromatic amines is 1. The maximum atomic E-state index is 14.4. The SMILES string of the molecule is CC.O=C(c1cc(F)ccc1-c1cc(C2CC2)nc(-n2cc(C3CC3)c3nc(CN4CCCCC4)[nH]c3c2=O)c1)N1CC(F)C1. The van der Waals surface area contributed by atoms with Crippen LogP contribution in [0.5, 0.6) is 0 Å². The van der Waals surface area contributed by atoms with E-state index in [4.69, 9.17) is 9.97 Å². The van der Waals surface area contributed by atoms with Crippen LogP contribution in [0, 0.1) is 5.82 Å². The minimum Gasteiger partial charge on any atom is -0.336 e. The van der Waals surface area contributed by atoms with Crippen LogP contribution < -0.4 is 5.56 Å². The smallest absolute Gasteiger partial charge is 0.282 e. The maximum absolute atomic E-state index is 14.4. The molecule has 2 aliphatic carbocycles. The van der Waals surface area contributed by atoms with Gasteiger partial charge in [0, 0.05) is 23.4 Å². The molecule has 8 rings (SSSR count). The largest absolute Gasteiger partial charge is 0.336 e. The van der Waals surface area contributed by atoms with Gasteiger partial charge in [-0.2, -0.15) is 0 Å². The minimum absolute atomic E-state index is 0.00693. The molecule has 1 amide bonds. The van der Waals surface area contributed by atoms with Gasteiger partial charge in [0.25, 0.3) is 11.5 Å². The summed E-state index contributed by atoms with van der Waals surface area (Å²) in [5, 5.41) is 0. The number of nitrogens with one attached hydrogen (secondary N) is 1. The summed E-state index contributed by atoms with van der Waals surface area (Å²) in [6.07, 6.45) is 8.57. The van der Waals surface area contributed by atoms with E-state index < -0.39 is 17.9 Å². The van der Waals surface area contributed by atoms with Crippen LogP contribution >= 0.6 is 0 Å². The van der Waals surface area contributed by atoms with Crippen molar-refractivity contribution in [2.45, 2.75) is 83.3 Å².